The number of carbonyl (C=O) groups excluding carboxylic acids is 1. The monoisotopic (exact) mass is 244 g/mol. The second-order valence-electron chi connectivity index (χ2n) is 4.62. The number of hydrogen-bond donors (Lipinski definition) is 1. The first-order valence-corrected chi connectivity index (χ1v) is 6.04. The van der Waals surface area contributed by atoms with Gasteiger partial charge in [0.1, 0.15) is 11.8 Å². The van der Waals surface area contributed by atoms with Crippen LogP contribution in [-0.2, 0) is 0 Å². The van der Waals surface area contributed by atoms with Gasteiger partial charge in [0.05, 0.1) is 5.56 Å². The fourth-order valence-corrected chi connectivity index (χ4v) is 2.15. The van der Waals surface area contributed by atoms with Crippen molar-refractivity contribution in [1.82, 2.24) is 15.2 Å². The lowest BCUT2D eigenvalue weighted by molar-refractivity contribution is 0.0912. The van der Waals surface area contributed by atoms with Gasteiger partial charge in [-0.3, -0.25) is 4.79 Å². The molecule has 1 unspecified atom stereocenters. The number of nitrogens with one attached hydrogen (secondary N) is 1. The number of rotatable bonds is 2. The van der Waals surface area contributed by atoms with Crippen molar-refractivity contribution in [3.05, 3.63) is 29.6 Å². The molecule has 2 rings (SSSR count). The third-order valence-electron chi connectivity index (χ3n) is 3.10. The van der Waals surface area contributed by atoms with Crippen molar-refractivity contribution in [2.75, 3.05) is 20.1 Å². The Morgan fingerprint density at radius 1 is 1.61 bits per heavy atom. The van der Waals surface area contributed by atoms with Crippen LogP contribution in [0.2, 0.25) is 0 Å². The zero-order chi connectivity index (χ0) is 13.0. The average Bonchev–Trinajstić information content (AvgIpc) is 2.39. The number of nitriles is 1. The van der Waals surface area contributed by atoms with Crippen molar-refractivity contribution in [3.8, 4) is 6.07 Å². The number of likely N-dealkylation sites (N-methyl/N-ethyl adjacent to an activating group) is 1. The summed E-state index contributed by atoms with van der Waals surface area (Å²) in [6, 6.07) is 5.32. The molecule has 2 heterocycles. The van der Waals surface area contributed by atoms with Crippen LogP contribution in [0.15, 0.2) is 18.3 Å². The van der Waals surface area contributed by atoms with Crippen molar-refractivity contribution >= 4 is 5.91 Å². The van der Waals surface area contributed by atoms with Gasteiger partial charge in [0.15, 0.2) is 0 Å². The van der Waals surface area contributed by atoms with E-state index in [2.05, 4.69) is 22.2 Å². The van der Waals surface area contributed by atoms with Crippen molar-refractivity contribution in [1.29, 1.82) is 5.26 Å². The van der Waals surface area contributed by atoms with E-state index in [0.29, 0.717) is 11.3 Å². The van der Waals surface area contributed by atoms with E-state index >= 15 is 0 Å². The summed E-state index contributed by atoms with van der Waals surface area (Å²) in [5, 5.41) is 11.6. The molecule has 94 valence electrons. The summed E-state index contributed by atoms with van der Waals surface area (Å²) in [6.07, 6.45) is 3.56. The fraction of sp³-hybridized carbons (Fsp3) is 0.462. The van der Waals surface area contributed by atoms with Gasteiger partial charge in [-0.1, -0.05) is 0 Å². The fourth-order valence-electron chi connectivity index (χ4n) is 2.15. The Kier molecular flexibility index (Phi) is 3.90. The predicted octanol–water partition coefficient (Wildman–Crippen LogP) is 0.777. The van der Waals surface area contributed by atoms with Gasteiger partial charge >= 0.3 is 0 Å². The lowest BCUT2D eigenvalue weighted by atomic mass is 10.1. The molecule has 1 fully saturated rings. The normalized spacial score (nSPS) is 20.1. The molecule has 0 aliphatic carbocycles. The lowest BCUT2D eigenvalue weighted by Gasteiger charge is -2.30. The highest BCUT2D eigenvalue weighted by molar-refractivity contribution is 5.94. The number of hydrogen-bond acceptors (Lipinski definition) is 4. The summed E-state index contributed by atoms with van der Waals surface area (Å²) in [5.74, 6) is -0.118. The Balaban J connectivity index is 1.96. The second kappa shape index (κ2) is 5.61. The quantitative estimate of drug-likeness (QED) is 0.834. The van der Waals surface area contributed by atoms with Gasteiger partial charge in [-0.25, -0.2) is 4.98 Å². The zero-order valence-electron chi connectivity index (χ0n) is 10.4. The van der Waals surface area contributed by atoms with Gasteiger partial charge in [0.25, 0.3) is 5.91 Å². The Hall–Kier alpha value is -1.93. The number of likely N-dealkylation sites (tertiary alicyclic amines) is 1. The highest BCUT2D eigenvalue weighted by Gasteiger charge is 2.19. The number of aromatic nitrogens is 1. The van der Waals surface area contributed by atoms with E-state index in [9.17, 15) is 4.79 Å². The summed E-state index contributed by atoms with van der Waals surface area (Å²) in [4.78, 5) is 18.1. The van der Waals surface area contributed by atoms with Crippen molar-refractivity contribution in [2.24, 2.45) is 0 Å². The molecular weight excluding hydrogens is 228 g/mol. The molecule has 0 spiro atoms. The van der Waals surface area contributed by atoms with Crippen molar-refractivity contribution in [3.63, 3.8) is 0 Å². The first-order chi connectivity index (χ1) is 8.69. The minimum Gasteiger partial charge on any atom is -0.348 e. The Bertz CT molecular complexity index is 463. The number of nitrogens with zero attached hydrogens (tertiary/aromatic N) is 3. The number of pyridine rings is 1. The molecule has 1 atom stereocenters. The van der Waals surface area contributed by atoms with Crippen LogP contribution < -0.4 is 5.32 Å². The molecule has 5 heteroatoms. The standard InChI is InChI=1S/C13H16N4O/c1-17-6-2-3-12(9-17)16-13(18)10-4-5-11(7-14)15-8-10/h4-5,8,12H,2-3,6,9H2,1H3,(H,16,18). The minimum atomic E-state index is -0.118. The van der Waals surface area contributed by atoms with E-state index in [1.54, 1.807) is 12.1 Å². The largest absolute Gasteiger partial charge is 0.348 e. The van der Waals surface area contributed by atoms with E-state index in [4.69, 9.17) is 5.26 Å². The van der Waals surface area contributed by atoms with Crippen molar-refractivity contribution < 1.29 is 4.79 Å². The maximum Gasteiger partial charge on any atom is 0.253 e. The van der Waals surface area contributed by atoms with Gasteiger partial charge in [-0.05, 0) is 38.6 Å². The highest BCUT2D eigenvalue weighted by atomic mass is 16.1. The van der Waals surface area contributed by atoms with Crippen LogP contribution in [0, 0.1) is 11.3 Å². The second-order valence-corrected chi connectivity index (χ2v) is 4.62. The average molecular weight is 244 g/mol. The smallest absolute Gasteiger partial charge is 0.253 e. The van der Waals surface area contributed by atoms with Gasteiger partial charge in [0.2, 0.25) is 0 Å². The van der Waals surface area contributed by atoms with Crippen LogP contribution >= 0.6 is 0 Å². The molecule has 0 bridgehead atoms. The number of carbonyl (C=O) groups is 1. The van der Waals surface area contributed by atoms with Crippen LogP contribution in [0.5, 0.6) is 0 Å². The molecule has 1 aromatic rings. The van der Waals surface area contributed by atoms with Crippen molar-refractivity contribution in [2.45, 2.75) is 18.9 Å². The third kappa shape index (κ3) is 3.05. The summed E-state index contributed by atoms with van der Waals surface area (Å²) >= 11 is 0. The molecule has 1 aliphatic heterocycles. The highest BCUT2D eigenvalue weighted by Crippen LogP contribution is 2.09. The molecule has 18 heavy (non-hydrogen) atoms. The van der Waals surface area contributed by atoms with E-state index in [1.165, 1.54) is 6.20 Å². The molecular formula is C13H16N4O. The molecule has 1 N–H and O–H groups in total. The summed E-state index contributed by atoms with van der Waals surface area (Å²) in [7, 11) is 2.06. The number of amides is 1. The number of piperidine rings is 1. The van der Waals surface area contributed by atoms with Crippen LogP contribution in [0.4, 0.5) is 0 Å². The first kappa shape index (κ1) is 12.5. The van der Waals surface area contributed by atoms with E-state index in [-0.39, 0.29) is 11.9 Å². The third-order valence-corrected chi connectivity index (χ3v) is 3.10. The van der Waals surface area contributed by atoms with Crippen LogP contribution in [0.3, 0.4) is 0 Å². The van der Waals surface area contributed by atoms with Gasteiger partial charge in [0, 0.05) is 18.8 Å². The molecule has 1 saturated heterocycles. The zero-order valence-corrected chi connectivity index (χ0v) is 10.4. The molecule has 5 nitrogen and oxygen atoms in total. The molecule has 1 aromatic heterocycles. The van der Waals surface area contributed by atoms with Gasteiger partial charge in [-0.2, -0.15) is 5.26 Å². The topological polar surface area (TPSA) is 69.0 Å². The molecule has 1 aliphatic rings. The minimum absolute atomic E-state index is 0.118. The Morgan fingerprint density at radius 2 is 2.44 bits per heavy atom. The maximum absolute atomic E-state index is 12.0. The lowest BCUT2D eigenvalue weighted by Crippen LogP contribution is -2.46. The van der Waals surface area contributed by atoms with Gasteiger partial charge < -0.3 is 10.2 Å². The molecule has 0 aromatic carbocycles. The molecule has 1 amide bonds. The summed E-state index contributed by atoms with van der Waals surface area (Å²) < 4.78 is 0. The van der Waals surface area contributed by atoms with E-state index < -0.39 is 0 Å². The predicted molar refractivity (Wildman–Crippen MR) is 66.9 cm³/mol. The first-order valence-electron chi connectivity index (χ1n) is 6.04. The Labute approximate surface area is 106 Å². The van der Waals surface area contributed by atoms with E-state index in [0.717, 1.165) is 25.9 Å². The molecule has 0 radical (unpaired) electrons. The van der Waals surface area contributed by atoms with Gasteiger partial charge in [-0.15, -0.1) is 0 Å². The van der Waals surface area contributed by atoms with Crippen LogP contribution in [-0.4, -0.2) is 42.0 Å². The Morgan fingerprint density at radius 3 is 3.06 bits per heavy atom. The SMILES string of the molecule is CN1CCCC(NC(=O)c2ccc(C#N)nc2)C1. The van der Waals surface area contributed by atoms with Crippen LogP contribution in [0.25, 0.3) is 0 Å². The molecule has 0 saturated carbocycles. The van der Waals surface area contributed by atoms with Crippen LogP contribution in [0.1, 0.15) is 28.9 Å². The maximum atomic E-state index is 12.0. The summed E-state index contributed by atoms with van der Waals surface area (Å²) in [5.41, 5.74) is 0.825. The van der Waals surface area contributed by atoms with E-state index in [1.807, 2.05) is 6.07 Å². The summed E-state index contributed by atoms with van der Waals surface area (Å²) in [6.45, 7) is 1.97.